The van der Waals surface area contributed by atoms with Crippen LogP contribution in [-0.4, -0.2) is 7.11 Å². The van der Waals surface area contributed by atoms with Crippen molar-refractivity contribution in [2.75, 3.05) is 7.11 Å². The van der Waals surface area contributed by atoms with Crippen LogP contribution in [0.15, 0.2) is 60.7 Å². The second kappa shape index (κ2) is 5.37. The molecule has 0 aliphatic carbocycles. The van der Waals surface area contributed by atoms with Crippen molar-refractivity contribution in [1.29, 1.82) is 0 Å². The molecule has 1 nitrogen and oxygen atoms in total. The van der Waals surface area contributed by atoms with Gasteiger partial charge in [-0.25, -0.2) is 0 Å². The van der Waals surface area contributed by atoms with Gasteiger partial charge in [-0.15, -0.1) is 0 Å². The third kappa shape index (κ3) is 2.52. The van der Waals surface area contributed by atoms with Gasteiger partial charge in [-0.1, -0.05) is 42.5 Å². The fourth-order valence-corrected chi connectivity index (χ4v) is 2.58. The minimum absolute atomic E-state index is 0.202. The molecule has 0 N–H and O–H groups in total. The Hall–Kier alpha value is -2.49. The first-order chi connectivity index (χ1) is 10.5. The van der Waals surface area contributed by atoms with Crippen LogP contribution in [0.4, 0.5) is 13.2 Å². The molecule has 3 rings (SSSR count). The molecule has 0 fully saturated rings. The van der Waals surface area contributed by atoms with E-state index in [9.17, 15) is 13.2 Å². The number of hydrogen-bond donors (Lipinski definition) is 0. The van der Waals surface area contributed by atoms with E-state index in [0.717, 1.165) is 11.5 Å². The predicted molar refractivity (Wildman–Crippen MR) is 80.9 cm³/mol. The minimum atomic E-state index is -4.40. The highest BCUT2D eigenvalue weighted by molar-refractivity contribution is 5.98. The molecule has 112 valence electrons. The van der Waals surface area contributed by atoms with E-state index in [4.69, 9.17) is 4.74 Å². The first-order valence-corrected chi connectivity index (χ1v) is 6.74. The molecule has 0 aliphatic rings. The van der Waals surface area contributed by atoms with Crippen molar-refractivity contribution in [3.05, 3.63) is 66.2 Å². The molecular weight excluding hydrogens is 289 g/mol. The van der Waals surface area contributed by atoms with Gasteiger partial charge < -0.3 is 4.74 Å². The molecule has 0 saturated carbocycles. The predicted octanol–water partition coefficient (Wildman–Crippen LogP) is 5.53. The Kier molecular flexibility index (Phi) is 3.53. The zero-order valence-corrected chi connectivity index (χ0v) is 11.8. The van der Waals surface area contributed by atoms with E-state index in [-0.39, 0.29) is 5.56 Å². The van der Waals surface area contributed by atoms with E-state index in [2.05, 4.69) is 0 Å². The maximum absolute atomic E-state index is 13.4. The SMILES string of the molecule is COc1ccc(-c2c(C(F)(F)F)ccc3ccccc23)cc1. The Morgan fingerprint density at radius 3 is 2.14 bits per heavy atom. The van der Waals surface area contributed by atoms with Crippen molar-refractivity contribution in [2.45, 2.75) is 6.18 Å². The molecule has 0 heterocycles. The molecule has 0 amide bonds. The number of ether oxygens (including phenoxy) is 1. The van der Waals surface area contributed by atoms with Gasteiger partial charge in [0.2, 0.25) is 0 Å². The van der Waals surface area contributed by atoms with Crippen LogP contribution in [0.5, 0.6) is 5.75 Å². The molecule has 0 saturated heterocycles. The summed E-state index contributed by atoms with van der Waals surface area (Å²) in [6, 6.07) is 16.4. The first-order valence-electron chi connectivity index (χ1n) is 6.74. The van der Waals surface area contributed by atoms with Crippen LogP contribution >= 0.6 is 0 Å². The lowest BCUT2D eigenvalue weighted by Gasteiger charge is -2.16. The summed E-state index contributed by atoms with van der Waals surface area (Å²) >= 11 is 0. The summed E-state index contributed by atoms with van der Waals surface area (Å²) in [6.45, 7) is 0. The van der Waals surface area contributed by atoms with E-state index >= 15 is 0 Å². The van der Waals surface area contributed by atoms with E-state index in [1.165, 1.54) is 13.2 Å². The van der Waals surface area contributed by atoms with Crippen molar-refractivity contribution in [1.82, 2.24) is 0 Å². The number of hydrogen-bond acceptors (Lipinski definition) is 1. The van der Waals surface area contributed by atoms with Gasteiger partial charge >= 0.3 is 6.18 Å². The molecule has 3 aromatic rings. The Labute approximate surface area is 126 Å². The van der Waals surface area contributed by atoms with E-state index in [0.29, 0.717) is 16.7 Å². The van der Waals surface area contributed by atoms with Crippen LogP contribution in [0.1, 0.15) is 5.56 Å². The van der Waals surface area contributed by atoms with Crippen molar-refractivity contribution < 1.29 is 17.9 Å². The summed E-state index contributed by atoms with van der Waals surface area (Å²) in [4.78, 5) is 0. The molecule has 0 aromatic heterocycles. The lowest BCUT2D eigenvalue weighted by molar-refractivity contribution is -0.137. The minimum Gasteiger partial charge on any atom is -0.497 e. The maximum atomic E-state index is 13.4. The van der Waals surface area contributed by atoms with Gasteiger partial charge in [-0.05, 0) is 34.5 Å². The number of halogens is 3. The van der Waals surface area contributed by atoms with Gasteiger partial charge in [0.05, 0.1) is 12.7 Å². The number of benzene rings is 3. The summed E-state index contributed by atoms with van der Waals surface area (Å²) in [6.07, 6.45) is -4.40. The second-order valence-electron chi connectivity index (χ2n) is 4.94. The molecule has 0 radical (unpaired) electrons. The lowest BCUT2D eigenvalue weighted by Crippen LogP contribution is -2.07. The van der Waals surface area contributed by atoms with Crippen molar-refractivity contribution in [3.8, 4) is 16.9 Å². The molecule has 22 heavy (non-hydrogen) atoms. The van der Waals surface area contributed by atoms with E-state index < -0.39 is 11.7 Å². The number of alkyl halides is 3. The van der Waals surface area contributed by atoms with Gasteiger partial charge in [-0.3, -0.25) is 0 Å². The Bertz CT molecular complexity index is 805. The highest BCUT2D eigenvalue weighted by Gasteiger charge is 2.34. The van der Waals surface area contributed by atoms with Crippen molar-refractivity contribution in [3.63, 3.8) is 0 Å². The molecule has 0 aliphatic heterocycles. The van der Waals surface area contributed by atoms with Crippen LogP contribution in [-0.2, 0) is 6.18 Å². The zero-order valence-electron chi connectivity index (χ0n) is 11.8. The molecule has 3 aromatic carbocycles. The van der Waals surface area contributed by atoms with Gasteiger partial charge in [0.1, 0.15) is 5.75 Å². The fraction of sp³-hybridized carbons (Fsp3) is 0.111. The zero-order chi connectivity index (χ0) is 15.7. The van der Waals surface area contributed by atoms with Crippen LogP contribution in [0.3, 0.4) is 0 Å². The molecule has 0 bridgehead atoms. The third-order valence-electron chi connectivity index (χ3n) is 3.61. The normalized spacial score (nSPS) is 11.6. The number of methoxy groups -OCH3 is 1. The van der Waals surface area contributed by atoms with Gasteiger partial charge in [-0.2, -0.15) is 13.2 Å². The molecule has 0 atom stereocenters. The summed E-state index contributed by atoms with van der Waals surface area (Å²) in [7, 11) is 1.52. The first kappa shape index (κ1) is 14.4. The van der Waals surface area contributed by atoms with E-state index in [1.807, 2.05) is 12.1 Å². The summed E-state index contributed by atoms with van der Waals surface area (Å²) in [5.74, 6) is 0.609. The smallest absolute Gasteiger partial charge is 0.417 e. The highest BCUT2D eigenvalue weighted by atomic mass is 19.4. The van der Waals surface area contributed by atoms with Crippen molar-refractivity contribution >= 4 is 10.8 Å². The monoisotopic (exact) mass is 302 g/mol. The molecule has 4 heteroatoms. The maximum Gasteiger partial charge on any atom is 0.417 e. The number of rotatable bonds is 2. The topological polar surface area (TPSA) is 9.23 Å². The Morgan fingerprint density at radius 1 is 0.818 bits per heavy atom. The van der Waals surface area contributed by atoms with Gasteiger partial charge in [0.15, 0.2) is 0 Å². The Morgan fingerprint density at radius 2 is 1.50 bits per heavy atom. The van der Waals surface area contributed by atoms with Gasteiger partial charge in [0.25, 0.3) is 0 Å². The molecule has 0 spiro atoms. The highest BCUT2D eigenvalue weighted by Crippen LogP contribution is 2.41. The van der Waals surface area contributed by atoms with Crippen molar-refractivity contribution in [2.24, 2.45) is 0 Å². The van der Waals surface area contributed by atoms with Crippen LogP contribution in [0.2, 0.25) is 0 Å². The molecular formula is C18H13F3O. The number of fused-ring (bicyclic) bond motifs is 1. The standard InChI is InChI=1S/C18H13F3O/c1-22-14-9-6-13(7-10-14)17-15-5-3-2-4-12(15)8-11-16(17)18(19,20)21/h2-11H,1H3. The summed E-state index contributed by atoms with van der Waals surface area (Å²) < 4.78 is 45.2. The summed E-state index contributed by atoms with van der Waals surface area (Å²) in [5, 5.41) is 1.36. The van der Waals surface area contributed by atoms with Gasteiger partial charge in [0, 0.05) is 5.56 Å². The van der Waals surface area contributed by atoms with E-state index in [1.54, 1.807) is 36.4 Å². The van der Waals surface area contributed by atoms with Crippen LogP contribution < -0.4 is 4.74 Å². The lowest BCUT2D eigenvalue weighted by atomic mass is 9.93. The quantitative estimate of drug-likeness (QED) is 0.604. The van der Waals surface area contributed by atoms with Crippen LogP contribution in [0.25, 0.3) is 21.9 Å². The third-order valence-corrected chi connectivity index (χ3v) is 3.61. The average molecular weight is 302 g/mol. The largest absolute Gasteiger partial charge is 0.497 e. The second-order valence-corrected chi connectivity index (χ2v) is 4.94. The average Bonchev–Trinajstić information content (AvgIpc) is 2.53. The van der Waals surface area contributed by atoms with Crippen LogP contribution in [0, 0.1) is 0 Å². The molecule has 0 unspecified atom stereocenters. The fourth-order valence-electron chi connectivity index (χ4n) is 2.58. The summed E-state index contributed by atoms with van der Waals surface area (Å²) in [5.41, 5.74) is 0.0922. The Balaban J connectivity index is 2.32.